The van der Waals surface area contributed by atoms with Crippen LogP contribution in [0, 0.1) is 5.41 Å². The Morgan fingerprint density at radius 3 is 2.31 bits per heavy atom. The normalized spacial score (nSPS) is 17.0. The highest BCUT2D eigenvalue weighted by Crippen LogP contribution is 2.30. The molecule has 1 rings (SSSR count). The third-order valence-corrected chi connectivity index (χ3v) is 2.55. The fourth-order valence-electron chi connectivity index (χ4n) is 0.867. The number of aromatic nitrogens is 3. The third kappa shape index (κ3) is 2.28. The Hall–Kier alpha value is -0.900. The second kappa shape index (κ2) is 3.10. The lowest BCUT2D eigenvalue weighted by Crippen LogP contribution is -2.43. The smallest absolute Gasteiger partial charge is 0.137 e. The van der Waals surface area contributed by atoms with Gasteiger partial charge in [-0.25, -0.2) is 4.98 Å². The summed E-state index contributed by atoms with van der Waals surface area (Å²) in [5.41, 5.74) is -0.945. The van der Waals surface area contributed by atoms with Gasteiger partial charge in [0.2, 0.25) is 0 Å². The molecular formula is C9H17N3O. The lowest BCUT2D eigenvalue weighted by molar-refractivity contribution is -0.0571. The SMILES string of the molecule is CC(C)(C)C(C)(O)Cn1cncn1. The maximum Gasteiger partial charge on any atom is 0.137 e. The molecule has 0 radical (unpaired) electrons. The molecule has 0 saturated heterocycles. The first-order chi connectivity index (χ1) is 5.83. The summed E-state index contributed by atoms with van der Waals surface area (Å²) in [5.74, 6) is 0. The van der Waals surface area contributed by atoms with Crippen LogP contribution < -0.4 is 0 Å². The van der Waals surface area contributed by atoms with Gasteiger partial charge in [-0.05, 0) is 12.3 Å². The van der Waals surface area contributed by atoms with Crippen LogP contribution in [0.25, 0.3) is 0 Å². The summed E-state index contributed by atoms with van der Waals surface area (Å²) < 4.78 is 1.64. The molecular weight excluding hydrogens is 166 g/mol. The zero-order chi connectivity index (χ0) is 10.1. The van der Waals surface area contributed by atoms with Crippen LogP contribution in [0.1, 0.15) is 27.7 Å². The van der Waals surface area contributed by atoms with Gasteiger partial charge in [-0.2, -0.15) is 5.10 Å². The van der Waals surface area contributed by atoms with Crippen molar-refractivity contribution in [1.82, 2.24) is 14.8 Å². The van der Waals surface area contributed by atoms with E-state index in [1.165, 1.54) is 6.33 Å². The van der Waals surface area contributed by atoms with Gasteiger partial charge in [-0.3, -0.25) is 4.68 Å². The Morgan fingerprint density at radius 2 is 1.92 bits per heavy atom. The first kappa shape index (κ1) is 10.2. The highest BCUT2D eigenvalue weighted by atomic mass is 16.3. The van der Waals surface area contributed by atoms with E-state index < -0.39 is 5.60 Å². The molecule has 0 spiro atoms. The first-order valence-corrected chi connectivity index (χ1v) is 4.38. The number of hydrogen-bond donors (Lipinski definition) is 1. The molecule has 0 bridgehead atoms. The molecule has 1 N–H and O–H groups in total. The van der Waals surface area contributed by atoms with Crippen LogP contribution >= 0.6 is 0 Å². The topological polar surface area (TPSA) is 50.9 Å². The number of nitrogens with zero attached hydrogens (tertiary/aromatic N) is 3. The molecule has 0 amide bonds. The van der Waals surface area contributed by atoms with Crippen molar-refractivity contribution in [2.45, 2.75) is 39.8 Å². The van der Waals surface area contributed by atoms with Crippen LogP contribution in [0.3, 0.4) is 0 Å². The Morgan fingerprint density at radius 1 is 1.31 bits per heavy atom. The van der Waals surface area contributed by atoms with Gasteiger partial charge in [-0.15, -0.1) is 0 Å². The van der Waals surface area contributed by atoms with Crippen LogP contribution in [0.15, 0.2) is 12.7 Å². The summed E-state index contributed by atoms with van der Waals surface area (Å²) in [4.78, 5) is 3.83. The average molecular weight is 183 g/mol. The number of hydrogen-bond acceptors (Lipinski definition) is 3. The fourth-order valence-corrected chi connectivity index (χ4v) is 0.867. The van der Waals surface area contributed by atoms with E-state index in [0.717, 1.165) is 0 Å². The van der Waals surface area contributed by atoms with Crippen molar-refractivity contribution in [3.8, 4) is 0 Å². The molecule has 0 aliphatic heterocycles. The van der Waals surface area contributed by atoms with Crippen molar-refractivity contribution < 1.29 is 5.11 Å². The van der Waals surface area contributed by atoms with Crippen LogP contribution in [-0.4, -0.2) is 25.5 Å². The van der Waals surface area contributed by atoms with Crippen LogP contribution in [-0.2, 0) is 6.54 Å². The van der Waals surface area contributed by atoms with E-state index in [-0.39, 0.29) is 5.41 Å². The maximum atomic E-state index is 10.1. The minimum Gasteiger partial charge on any atom is -0.388 e. The molecule has 1 heterocycles. The maximum absolute atomic E-state index is 10.1. The Kier molecular flexibility index (Phi) is 2.43. The van der Waals surface area contributed by atoms with E-state index >= 15 is 0 Å². The lowest BCUT2D eigenvalue weighted by Gasteiger charge is -2.36. The van der Waals surface area contributed by atoms with Crippen molar-refractivity contribution >= 4 is 0 Å². The molecule has 0 fully saturated rings. The van der Waals surface area contributed by atoms with Gasteiger partial charge in [0.25, 0.3) is 0 Å². The molecule has 4 heteroatoms. The molecule has 1 aromatic heterocycles. The highest BCUT2D eigenvalue weighted by Gasteiger charge is 2.35. The van der Waals surface area contributed by atoms with Crippen molar-refractivity contribution in [1.29, 1.82) is 0 Å². The molecule has 4 nitrogen and oxygen atoms in total. The third-order valence-electron chi connectivity index (χ3n) is 2.55. The second-order valence-corrected chi connectivity index (χ2v) is 4.62. The predicted molar refractivity (Wildman–Crippen MR) is 50.1 cm³/mol. The van der Waals surface area contributed by atoms with Crippen molar-refractivity contribution in [3.63, 3.8) is 0 Å². The standard InChI is InChI=1S/C9H17N3O/c1-8(2,3)9(4,13)5-12-7-10-6-11-12/h6-7,13H,5H2,1-4H3. The number of rotatable bonds is 2. The molecule has 0 aromatic carbocycles. The summed E-state index contributed by atoms with van der Waals surface area (Å²) >= 11 is 0. The van der Waals surface area contributed by atoms with E-state index in [1.54, 1.807) is 11.0 Å². The first-order valence-electron chi connectivity index (χ1n) is 4.38. The minimum absolute atomic E-state index is 0.168. The predicted octanol–water partition coefficient (Wildman–Crippen LogP) is 1.08. The molecule has 74 valence electrons. The fraction of sp³-hybridized carbons (Fsp3) is 0.778. The van der Waals surface area contributed by atoms with E-state index in [1.807, 2.05) is 27.7 Å². The van der Waals surface area contributed by atoms with Crippen molar-refractivity contribution in [2.75, 3.05) is 0 Å². The van der Waals surface area contributed by atoms with E-state index in [9.17, 15) is 5.11 Å². The van der Waals surface area contributed by atoms with Gasteiger partial charge in [-0.1, -0.05) is 20.8 Å². The molecule has 0 saturated carbocycles. The summed E-state index contributed by atoms with van der Waals surface area (Å²) in [6.45, 7) is 8.29. The Labute approximate surface area is 78.6 Å². The van der Waals surface area contributed by atoms with Crippen LogP contribution in [0.2, 0.25) is 0 Å². The van der Waals surface area contributed by atoms with Crippen molar-refractivity contribution in [3.05, 3.63) is 12.7 Å². The molecule has 1 aromatic rings. The van der Waals surface area contributed by atoms with E-state index in [2.05, 4.69) is 10.1 Å². The van der Waals surface area contributed by atoms with Gasteiger partial charge in [0.05, 0.1) is 12.1 Å². The van der Waals surface area contributed by atoms with Crippen LogP contribution in [0.5, 0.6) is 0 Å². The van der Waals surface area contributed by atoms with E-state index in [4.69, 9.17) is 0 Å². The molecule has 1 unspecified atom stereocenters. The monoisotopic (exact) mass is 183 g/mol. The molecule has 0 aliphatic rings. The lowest BCUT2D eigenvalue weighted by atomic mass is 9.78. The summed E-state index contributed by atoms with van der Waals surface area (Å²) in [6, 6.07) is 0. The zero-order valence-corrected chi connectivity index (χ0v) is 8.65. The average Bonchev–Trinajstić information content (AvgIpc) is 2.35. The molecule has 0 aliphatic carbocycles. The summed E-state index contributed by atoms with van der Waals surface area (Å²) in [6.07, 6.45) is 3.08. The molecule has 13 heavy (non-hydrogen) atoms. The highest BCUT2D eigenvalue weighted by molar-refractivity contribution is 4.86. The zero-order valence-electron chi connectivity index (χ0n) is 8.65. The van der Waals surface area contributed by atoms with Crippen molar-refractivity contribution in [2.24, 2.45) is 5.41 Å². The second-order valence-electron chi connectivity index (χ2n) is 4.62. The van der Waals surface area contributed by atoms with Crippen LogP contribution in [0.4, 0.5) is 0 Å². The Balaban J connectivity index is 2.73. The van der Waals surface area contributed by atoms with Gasteiger partial charge < -0.3 is 5.11 Å². The van der Waals surface area contributed by atoms with Gasteiger partial charge >= 0.3 is 0 Å². The van der Waals surface area contributed by atoms with Gasteiger partial charge in [0, 0.05) is 0 Å². The van der Waals surface area contributed by atoms with E-state index in [0.29, 0.717) is 6.54 Å². The number of aliphatic hydroxyl groups is 1. The summed E-state index contributed by atoms with van der Waals surface area (Å²) in [7, 11) is 0. The quantitative estimate of drug-likeness (QED) is 0.746. The van der Waals surface area contributed by atoms with Gasteiger partial charge in [0.15, 0.2) is 0 Å². The Bertz CT molecular complexity index is 259. The largest absolute Gasteiger partial charge is 0.388 e. The summed E-state index contributed by atoms with van der Waals surface area (Å²) in [5, 5.41) is 14.1. The molecule has 1 atom stereocenters. The van der Waals surface area contributed by atoms with Gasteiger partial charge in [0.1, 0.15) is 12.7 Å². The minimum atomic E-state index is -0.777.